The molecule has 0 bridgehead atoms. The largest absolute Gasteiger partial charge is 0.468 e. The molecule has 0 unspecified atom stereocenters. The van der Waals surface area contributed by atoms with Crippen LogP contribution in [-0.2, 0) is 9.53 Å². The first-order chi connectivity index (χ1) is 8.20. The number of hydrogen-bond donors (Lipinski definition) is 1. The van der Waals surface area contributed by atoms with Crippen LogP contribution in [0, 0.1) is 0 Å². The van der Waals surface area contributed by atoms with E-state index < -0.39 is 0 Å². The van der Waals surface area contributed by atoms with Gasteiger partial charge in [-0.25, -0.2) is 0 Å². The molecule has 0 spiro atoms. The van der Waals surface area contributed by atoms with E-state index in [0.29, 0.717) is 18.5 Å². The number of halogens is 1. The van der Waals surface area contributed by atoms with Crippen LogP contribution in [0.1, 0.15) is 24.3 Å². The summed E-state index contributed by atoms with van der Waals surface area (Å²) >= 11 is 3.57. The van der Waals surface area contributed by atoms with Crippen LogP contribution in [0.2, 0.25) is 0 Å². The molecular weight excluding hydrogens is 282 g/mol. The quantitative estimate of drug-likeness (QED) is 0.868. The molecule has 1 aliphatic carbocycles. The molecule has 1 aromatic carbocycles. The summed E-state index contributed by atoms with van der Waals surface area (Å²) in [5.41, 5.74) is 1.36. The first-order valence-electron chi connectivity index (χ1n) is 5.75. The Morgan fingerprint density at radius 2 is 2.18 bits per heavy atom. The van der Waals surface area contributed by atoms with Crippen LogP contribution in [-0.4, -0.2) is 25.7 Å². The number of esters is 1. The minimum absolute atomic E-state index is 0.200. The number of ether oxygens (including phenoxy) is 1. The Labute approximate surface area is 110 Å². The summed E-state index contributed by atoms with van der Waals surface area (Å²) in [7, 11) is 1.41. The van der Waals surface area contributed by atoms with Crippen molar-refractivity contribution in [3.63, 3.8) is 0 Å². The number of carbonyl (C=O) groups is 1. The molecule has 3 nitrogen and oxygen atoms in total. The molecule has 0 radical (unpaired) electrons. The van der Waals surface area contributed by atoms with E-state index in [2.05, 4.69) is 44.2 Å². The fraction of sp³-hybridized carbons (Fsp3) is 0.462. The highest BCUT2D eigenvalue weighted by Crippen LogP contribution is 2.39. The number of rotatable bonds is 4. The molecule has 2 rings (SSSR count). The van der Waals surface area contributed by atoms with Gasteiger partial charge in [0.25, 0.3) is 0 Å². The summed E-state index contributed by atoms with van der Waals surface area (Å²) in [4.78, 5) is 11.0. The van der Waals surface area contributed by atoms with Crippen molar-refractivity contribution in [3.8, 4) is 0 Å². The highest BCUT2D eigenvalue weighted by molar-refractivity contribution is 9.10. The Morgan fingerprint density at radius 1 is 1.47 bits per heavy atom. The van der Waals surface area contributed by atoms with E-state index in [0.717, 1.165) is 12.8 Å². The van der Waals surface area contributed by atoms with Crippen LogP contribution in [0.25, 0.3) is 0 Å². The number of benzene rings is 1. The van der Waals surface area contributed by atoms with E-state index in [9.17, 15) is 4.79 Å². The highest BCUT2D eigenvalue weighted by atomic mass is 79.9. The molecule has 1 aliphatic rings. The molecule has 0 atom stereocenters. The lowest BCUT2D eigenvalue weighted by molar-refractivity contribution is -0.139. The summed E-state index contributed by atoms with van der Waals surface area (Å²) in [5, 5.41) is 3.20. The van der Waals surface area contributed by atoms with Gasteiger partial charge in [-0.05, 0) is 30.4 Å². The van der Waals surface area contributed by atoms with Crippen molar-refractivity contribution in [1.29, 1.82) is 0 Å². The molecule has 0 heterocycles. The van der Waals surface area contributed by atoms with E-state index in [1.54, 1.807) is 0 Å². The molecule has 0 amide bonds. The maximum absolute atomic E-state index is 11.0. The molecule has 1 N–H and O–H groups in total. The van der Waals surface area contributed by atoms with Crippen molar-refractivity contribution in [2.75, 3.05) is 13.7 Å². The summed E-state index contributed by atoms with van der Waals surface area (Å²) in [5.74, 6) is 0.398. The topological polar surface area (TPSA) is 38.3 Å². The standard InChI is InChI=1S/C13H16BrNO2/c1-17-13(16)8-15-10-6-9(7-10)11-4-2-3-5-12(11)14/h2-5,9-10,15H,6-8H2,1H3. The molecule has 0 aromatic heterocycles. The fourth-order valence-electron chi connectivity index (χ4n) is 2.14. The maximum atomic E-state index is 11.0. The van der Waals surface area contributed by atoms with Gasteiger partial charge in [-0.1, -0.05) is 34.1 Å². The predicted molar refractivity (Wildman–Crippen MR) is 69.9 cm³/mol. The Balaban J connectivity index is 1.79. The second-order valence-electron chi connectivity index (χ2n) is 4.34. The smallest absolute Gasteiger partial charge is 0.319 e. The lowest BCUT2D eigenvalue weighted by atomic mass is 9.76. The lowest BCUT2D eigenvalue weighted by Gasteiger charge is -2.36. The highest BCUT2D eigenvalue weighted by Gasteiger charge is 2.31. The molecule has 1 fully saturated rings. The Kier molecular flexibility index (Phi) is 4.18. The summed E-state index contributed by atoms with van der Waals surface area (Å²) < 4.78 is 5.77. The monoisotopic (exact) mass is 297 g/mol. The number of carbonyl (C=O) groups excluding carboxylic acids is 1. The molecule has 0 aliphatic heterocycles. The zero-order valence-electron chi connectivity index (χ0n) is 9.78. The van der Waals surface area contributed by atoms with E-state index in [4.69, 9.17) is 0 Å². The molecule has 4 heteroatoms. The average molecular weight is 298 g/mol. The third-order valence-corrected chi connectivity index (χ3v) is 3.97. The molecule has 1 aromatic rings. The zero-order chi connectivity index (χ0) is 12.3. The van der Waals surface area contributed by atoms with Crippen molar-refractivity contribution in [2.45, 2.75) is 24.8 Å². The third-order valence-electron chi connectivity index (χ3n) is 3.25. The van der Waals surface area contributed by atoms with E-state index in [1.165, 1.54) is 17.1 Å². The van der Waals surface area contributed by atoms with Gasteiger partial charge in [0.1, 0.15) is 0 Å². The van der Waals surface area contributed by atoms with Crippen molar-refractivity contribution < 1.29 is 9.53 Å². The van der Waals surface area contributed by atoms with Crippen LogP contribution >= 0.6 is 15.9 Å². The molecular formula is C13H16BrNO2. The normalized spacial score (nSPS) is 22.9. The van der Waals surface area contributed by atoms with Crippen molar-refractivity contribution >= 4 is 21.9 Å². The van der Waals surface area contributed by atoms with Gasteiger partial charge in [0, 0.05) is 10.5 Å². The fourth-order valence-corrected chi connectivity index (χ4v) is 2.75. The van der Waals surface area contributed by atoms with Crippen LogP contribution < -0.4 is 5.32 Å². The summed E-state index contributed by atoms with van der Waals surface area (Å²) in [6.07, 6.45) is 2.17. The van der Waals surface area contributed by atoms with E-state index >= 15 is 0 Å². The van der Waals surface area contributed by atoms with Crippen molar-refractivity contribution in [2.24, 2.45) is 0 Å². The maximum Gasteiger partial charge on any atom is 0.319 e. The SMILES string of the molecule is COC(=O)CNC1CC(c2ccccc2Br)C1. The van der Waals surface area contributed by atoms with E-state index in [-0.39, 0.29) is 5.97 Å². The number of methoxy groups -OCH3 is 1. The zero-order valence-corrected chi connectivity index (χ0v) is 11.4. The number of nitrogens with one attached hydrogen (secondary N) is 1. The first-order valence-corrected chi connectivity index (χ1v) is 6.54. The van der Waals surface area contributed by atoms with Gasteiger partial charge >= 0.3 is 5.97 Å². The van der Waals surface area contributed by atoms with Gasteiger partial charge in [-0.15, -0.1) is 0 Å². The third kappa shape index (κ3) is 3.07. The van der Waals surface area contributed by atoms with Crippen molar-refractivity contribution in [3.05, 3.63) is 34.3 Å². The summed E-state index contributed by atoms with van der Waals surface area (Å²) in [6, 6.07) is 8.76. The summed E-state index contributed by atoms with van der Waals surface area (Å²) in [6.45, 7) is 0.309. The van der Waals surface area contributed by atoms with Gasteiger partial charge in [-0.3, -0.25) is 4.79 Å². The lowest BCUT2D eigenvalue weighted by Crippen LogP contribution is -2.42. The van der Waals surface area contributed by atoms with Crippen LogP contribution in [0.15, 0.2) is 28.7 Å². The van der Waals surface area contributed by atoms with Gasteiger partial charge in [0.05, 0.1) is 13.7 Å². The average Bonchev–Trinajstić information content (AvgIpc) is 2.28. The van der Waals surface area contributed by atoms with Crippen molar-refractivity contribution in [1.82, 2.24) is 5.32 Å². The first kappa shape index (κ1) is 12.6. The van der Waals surface area contributed by atoms with Gasteiger partial charge in [0.2, 0.25) is 0 Å². The van der Waals surface area contributed by atoms with Crippen LogP contribution in [0.5, 0.6) is 0 Å². The Morgan fingerprint density at radius 3 is 2.82 bits per heavy atom. The van der Waals surface area contributed by atoms with Gasteiger partial charge in [-0.2, -0.15) is 0 Å². The Hall–Kier alpha value is -0.870. The predicted octanol–water partition coefficient (Wildman–Crippen LogP) is 2.46. The minimum Gasteiger partial charge on any atom is -0.468 e. The Bertz CT molecular complexity index is 402. The molecule has 0 saturated heterocycles. The second-order valence-corrected chi connectivity index (χ2v) is 5.20. The minimum atomic E-state index is -0.200. The van der Waals surface area contributed by atoms with Gasteiger partial charge < -0.3 is 10.1 Å². The van der Waals surface area contributed by atoms with Crippen LogP contribution in [0.3, 0.4) is 0 Å². The van der Waals surface area contributed by atoms with Gasteiger partial charge in [0.15, 0.2) is 0 Å². The molecule has 17 heavy (non-hydrogen) atoms. The molecule has 92 valence electrons. The second kappa shape index (κ2) is 5.65. The van der Waals surface area contributed by atoms with Crippen LogP contribution in [0.4, 0.5) is 0 Å². The van der Waals surface area contributed by atoms with E-state index in [1.807, 2.05) is 6.07 Å². The number of hydrogen-bond acceptors (Lipinski definition) is 3. The molecule has 1 saturated carbocycles.